The van der Waals surface area contributed by atoms with E-state index in [2.05, 4.69) is 4.98 Å². The molecule has 2 heterocycles. The van der Waals surface area contributed by atoms with Crippen molar-refractivity contribution in [1.82, 2.24) is 9.38 Å². The minimum atomic E-state index is 0.144. The topological polar surface area (TPSA) is 34.4 Å². The Balaban J connectivity index is 2.46. The number of carbonyl (C=O) groups excluding carboxylic acids is 1. The summed E-state index contributed by atoms with van der Waals surface area (Å²) in [6, 6.07) is 3.97. The molecule has 0 aliphatic rings. The zero-order valence-electron chi connectivity index (χ0n) is 8.32. The maximum absolute atomic E-state index is 10.9. The Morgan fingerprint density at radius 2 is 2.21 bits per heavy atom. The average Bonchev–Trinajstić information content (AvgIpc) is 2.44. The van der Waals surface area contributed by atoms with E-state index < -0.39 is 0 Å². The van der Waals surface area contributed by atoms with Crippen molar-refractivity contribution in [3.63, 3.8) is 0 Å². The highest BCUT2D eigenvalue weighted by atomic mass is 16.1. The first-order valence-corrected chi connectivity index (χ1v) is 4.59. The molecule has 0 bridgehead atoms. The molecule has 0 N–H and O–H groups in total. The minimum Gasteiger partial charge on any atom is -0.307 e. The predicted molar refractivity (Wildman–Crippen MR) is 54.3 cm³/mol. The van der Waals surface area contributed by atoms with Crippen LogP contribution in [0.3, 0.4) is 0 Å². The maximum Gasteiger partial charge on any atom is 0.137 e. The van der Waals surface area contributed by atoms with Crippen LogP contribution in [0.4, 0.5) is 0 Å². The highest BCUT2D eigenvalue weighted by molar-refractivity contribution is 5.77. The molecule has 0 fully saturated rings. The first-order chi connectivity index (χ1) is 6.65. The summed E-state index contributed by atoms with van der Waals surface area (Å²) in [6.45, 7) is 3.61. The molecule has 0 aliphatic heterocycles. The number of fused-ring (bicyclic) bond motifs is 1. The number of carbonyl (C=O) groups is 1. The second-order valence-electron chi connectivity index (χ2n) is 3.58. The van der Waals surface area contributed by atoms with E-state index in [4.69, 9.17) is 0 Å². The summed E-state index contributed by atoms with van der Waals surface area (Å²) in [5.74, 6) is 0.144. The van der Waals surface area contributed by atoms with Gasteiger partial charge in [-0.2, -0.15) is 0 Å². The van der Waals surface area contributed by atoms with Crippen LogP contribution >= 0.6 is 0 Å². The van der Waals surface area contributed by atoms with Crippen LogP contribution < -0.4 is 0 Å². The monoisotopic (exact) mass is 188 g/mol. The molecule has 0 spiro atoms. The number of nitrogens with zero attached hydrogens (tertiary/aromatic N) is 2. The summed E-state index contributed by atoms with van der Waals surface area (Å²) < 4.78 is 1.95. The number of rotatable bonds is 2. The number of aromatic nitrogens is 2. The maximum atomic E-state index is 10.9. The lowest BCUT2D eigenvalue weighted by Gasteiger charge is -1.93. The zero-order chi connectivity index (χ0) is 10.1. The molecule has 0 radical (unpaired) electrons. The lowest BCUT2D eigenvalue weighted by atomic mass is 10.2. The summed E-state index contributed by atoms with van der Waals surface area (Å²) in [4.78, 5) is 15.2. The van der Waals surface area contributed by atoms with Crippen molar-refractivity contribution in [3.8, 4) is 0 Å². The van der Waals surface area contributed by atoms with Crippen molar-refractivity contribution in [2.24, 2.45) is 0 Å². The van der Waals surface area contributed by atoms with Crippen molar-refractivity contribution in [2.75, 3.05) is 0 Å². The van der Waals surface area contributed by atoms with Crippen LogP contribution in [0.1, 0.15) is 18.2 Å². The molecule has 0 saturated heterocycles. The first kappa shape index (κ1) is 8.94. The molecule has 0 saturated carbocycles. The van der Waals surface area contributed by atoms with Crippen molar-refractivity contribution in [3.05, 3.63) is 35.8 Å². The van der Waals surface area contributed by atoms with Gasteiger partial charge in [0, 0.05) is 18.8 Å². The Bertz CT molecular complexity index is 485. The summed E-state index contributed by atoms with van der Waals surface area (Å²) >= 11 is 0. The molecule has 0 amide bonds. The molecule has 0 aromatic carbocycles. The summed E-state index contributed by atoms with van der Waals surface area (Å²) in [5, 5.41) is 0. The van der Waals surface area contributed by atoms with E-state index in [0.717, 1.165) is 11.3 Å². The van der Waals surface area contributed by atoms with Gasteiger partial charge in [0.05, 0.1) is 5.69 Å². The smallest absolute Gasteiger partial charge is 0.137 e. The van der Waals surface area contributed by atoms with Gasteiger partial charge >= 0.3 is 0 Å². The fourth-order valence-electron chi connectivity index (χ4n) is 1.50. The number of hydrogen-bond acceptors (Lipinski definition) is 2. The third kappa shape index (κ3) is 1.66. The van der Waals surface area contributed by atoms with Crippen LogP contribution in [0.15, 0.2) is 24.5 Å². The summed E-state index contributed by atoms with van der Waals surface area (Å²) in [6.07, 6.45) is 4.33. The highest BCUT2D eigenvalue weighted by Gasteiger charge is 2.03. The standard InChI is InChI=1S/C11H12N2O/c1-8-3-4-11-12-10(5-9(2)14)7-13(11)6-8/h3-4,6-7H,5H2,1-2H3. The van der Waals surface area contributed by atoms with E-state index in [0.29, 0.717) is 6.42 Å². The molecule has 2 aromatic heterocycles. The number of imidazole rings is 1. The Morgan fingerprint density at radius 3 is 2.93 bits per heavy atom. The van der Waals surface area contributed by atoms with E-state index in [1.165, 1.54) is 5.56 Å². The van der Waals surface area contributed by atoms with E-state index in [1.807, 2.05) is 35.9 Å². The second kappa shape index (κ2) is 3.25. The summed E-state index contributed by atoms with van der Waals surface area (Å²) in [5.41, 5.74) is 2.92. The van der Waals surface area contributed by atoms with Gasteiger partial charge in [-0.3, -0.25) is 4.79 Å². The highest BCUT2D eigenvalue weighted by Crippen LogP contribution is 2.07. The molecule has 0 aliphatic carbocycles. The van der Waals surface area contributed by atoms with Crippen molar-refractivity contribution < 1.29 is 4.79 Å². The number of aryl methyl sites for hydroxylation is 1. The summed E-state index contributed by atoms with van der Waals surface area (Å²) in [7, 11) is 0. The number of pyridine rings is 1. The normalized spacial score (nSPS) is 10.7. The van der Waals surface area contributed by atoms with Crippen LogP contribution in [-0.4, -0.2) is 15.2 Å². The predicted octanol–water partition coefficient (Wildman–Crippen LogP) is 1.77. The van der Waals surface area contributed by atoms with Gasteiger partial charge in [0.1, 0.15) is 11.4 Å². The van der Waals surface area contributed by atoms with Crippen LogP contribution in [-0.2, 0) is 11.2 Å². The van der Waals surface area contributed by atoms with E-state index >= 15 is 0 Å². The van der Waals surface area contributed by atoms with Crippen LogP contribution in [0, 0.1) is 6.92 Å². The molecule has 3 heteroatoms. The van der Waals surface area contributed by atoms with Crippen molar-refractivity contribution in [2.45, 2.75) is 20.3 Å². The number of Topliss-reactive ketones (excluding diaryl/α,β-unsaturated/α-hetero) is 1. The number of hydrogen-bond donors (Lipinski definition) is 0. The Hall–Kier alpha value is -1.64. The quantitative estimate of drug-likeness (QED) is 0.719. The van der Waals surface area contributed by atoms with E-state index in [9.17, 15) is 4.79 Å². The lowest BCUT2D eigenvalue weighted by Crippen LogP contribution is -1.95. The molecule has 0 atom stereocenters. The average molecular weight is 188 g/mol. The van der Waals surface area contributed by atoms with Gasteiger partial charge in [-0.15, -0.1) is 0 Å². The molecule has 0 unspecified atom stereocenters. The third-order valence-electron chi connectivity index (χ3n) is 2.08. The van der Waals surface area contributed by atoms with Gasteiger partial charge < -0.3 is 4.40 Å². The molecule has 72 valence electrons. The Kier molecular flexibility index (Phi) is 2.08. The lowest BCUT2D eigenvalue weighted by molar-refractivity contribution is -0.116. The molecular formula is C11H12N2O. The van der Waals surface area contributed by atoms with Gasteiger partial charge in [-0.25, -0.2) is 4.98 Å². The van der Waals surface area contributed by atoms with Gasteiger partial charge in [0.2, 0.25) is 0 Å². The van der Waals surface area contributed by atoms with Crippen LogP contribution in [0.5, 0.6) is 0 Å². The fourth-order valence-corrected chi connectivity index (χ4v) is 1.50. The minimum absolute atomic E-state index is 0.144. The molecule has 14 heavy (non-hydrogen) atoms. The van der Waals surface area contributed by atoms with Crippen LogP contribution in [0.25, 0.3) is 5.65 Å². The van der Waals surface area contributed by atoms with Crippen LogP contribution in [0.2, 0.25) is 0 Å². The third-order valence-corrected chi connectivity index (χ3v) is 2.08. The van der Waals surface area contributed by atoms with Crippen molar-refractivity contribution in [1.29, 1.82) is 0 Å². The zero-order valence-corrected chi connectivity index (χ0v) is 8.32. The molecule has 3 nitrogen and oxygen atoms in total. The first-order valence-electron chi connectivity index (χ1n) is 4.59. The largest absolute Gasteiger partial charge is 0.307 e. The SMILES string of the molecule is CC(=O)Cc1cn2cc(C)ccc2n1. The van der Waals surface area contributed by atoms with Gasteiger partial charge in [0.25, 0.3) is 0 Å². The van der Waals surface area contributed by atoms with Gasteiger partial charge in [-0.1, -0.05) is 6.07 Å². The van der Waals surface area contributed by atoms with E-state index in [-0.39, 0.29) is 5.78 Å². The van der Waals surface area contributed by atoms with Gasteiger partial charge in [0.15, 0.2) is 0 Å². The molecule has 2 aromatic rings. The van der Waals surface area contributed by atoms with E-state index in [1.54, 1.807) is 6.92 Å². The van der Waals surface area contributed by atoms with Crippen molar-refractivity contribution >= 4 is 11.4 Å². The number of ketones is 1. The van der Waals surface area contributed by atoms with Gasteiger partial charge in [-0.05, 0) is 25.5 Å². The Labute approximate surface area is 82.4 Å². The fraction of sp³-hybridized carbons (Fsp3) is 0.273. The molecule has 2 rings (SSSR count). The molecular weight excluding hydrogens is 176 g/mol. The second-order valence-corrected chi connectivity index (χ2v) is 3.58. The Morgan fingerprint density at radius 1 is 1.43 bits per heavy atom.